The zero-order valence-electron chi connectivity index (χ0n) is 8.15. The average molecular weight is 288 g/mol. The van der Waals surface area contributed by atoms with Gasteiger partial charge in [-0.2, -0.15) is 0 Å². The van der Waals surface area contributed by atoms with Crippen LogP contribution in [0.4, 0.5) is 8.78 Å². The summed E-state index contributed by atoms with van der Waals surface area (Å²) >= 11 is 3.30. The van der Waals surface area contributed by atoms with Crippen LogP contribution in [0.1, 0.15) is 0 Å². The van der Waals surface area contributed by atoms with Crippen LogP contribution < -0.4 is 0 Å². The minimum absolute atomic E-state index is 0.390. The normalized spacial score (nSPS) is 11.0. The van der Waals surface area contributed by atoms with E-state index in [-0.39, 0.29) is 0 Å². The van der Waals surface area contributed by atoms with Crippen LogP contribution in [-0.4, -0.2) is 21.2 Å². The summed E-state index contributed by atoms with van der Waals surface area (Å²) in [5.74, 6) is 0.452. The molecule has 0 unspecified atom stereocenters. The summed E-state index contributed by atoms with van der Waals surface area (Å²) in [6.45, 7) is -0.390. The molecule has 0 atom stereocenters. The molecule has 6 heteroatoms. The fourth-order valence-corrected chi connectivity index (χ4v) is 1.62. The summed E-state index contributed by atoms with van der Waals surface area (Å²) in [7, 11) is 0. The Kier molecular flexibility index (Phi) is 3.28. The van der Waals surface area contributed by atoms with E-state index in [9.17, 15) is 8.78 Å². The largest absolute Gasteiger partial charge is 0.308 e. The third-order valence-corrected chi connectivity index (χ3v) is 2.58. The minimum Gasteiger partial charge on any atom is -0.308 e. The van der Waals surface area contributed by atoms with Gasteiger partial charge in [-0.05, 0) is 12.1 Å². The highest BCUT2D eigenvalue weighted by molar-refractivity contribution is 9.10. The molecule has 0 aliphatic rings. The summed E-state index contributed by atoms with van der Waals surface area (Å²) in [6.07, 6.45) is -1.10. The van der Waals surface area contributed by atoms with Gasteiger partial charge in [-0.1, -0.05) is 28.1 Å². The van der Waals surface area contributed by atoms with Crippen LogP contribution in [-0.2, 0) is 6.54 Å². The molecule has 3 nitrogen and oxygen atoms in total. The van der Waals surface area contributed by atoms with Gasteiger partial charge < -0.3 is 4.57 Å². The Balaban J connectivity index is 2.33. The van der Waals surface area contributed by atoms with Crippen molar-refractivity contribution < 1.29 is 8.78 Å². The Morgan fingerprint density at radius 1 is 1.25 bits per heavy atom. The van der Waals surface area contributed by atoms with Gasteiger partial charge in [0.15, 0.2) is 5.82 Å². The molecule has 2 aromatic rings. The summed E-state index contributed by atoms with van der Waals surface area (Å²) in [5.41, 5.74) is 0.765. The number of alkyl halides is 2. The molecule has 0 bridgehead atoms. The molecule has 0 spiro atoms. The number of aromatic nitrogens is 3. The van der Waals surface area contributed by atoms with Gasteiger partial charge in [-0.15, -0.1) is 10.2 Å². The van der Waals surface area contributed by atoms with Crippen LogP contribution in [0, 0.1) is 0 Å². The second-order valence-corrected chi connectivity index (χ2v) is 4.12. The molecule has 0 amide bonds. The highest BCUT2D eigenvalue weighted by Crippen LogP contribution is 2.20. The van der Waals surface area contributed by atoms with E-state index in [1.165, 1.54) is 10.9 Å². The van der Waals surface area contributed by atoms with Gasteiger partial charge in [0.25, 0.3) is 6.43 Å². The number of benzene rings is 1. The molecule has 1 heterocycles. The van der Waals surface area contributed by atoms with Crippen LogP contribution >= 0.6 is 15.9 Å². The van der Waals surface area contributed by atoms with Gasteiger partial charge >= 0.3 is 0 Å². The molecule has 0 saturated heterocycles. The maximum Gasteiger partial charge on any atom is 0.256 e. The summed E-state index contributed by atoms with van der Waals surface area (Å²) < 4.78 is 26.8. The summed E-state index contributed by atoms with van der Waals surface area (Å²) in [4.78, 5) is 0. The Morgan fingerprint density at radius 3 is 2.56 bits per heavy atom. The molecule has 1 aromatic heterocycles. The van der Waals surface area contributed by atoms with Crippen molar-refractivity contribution in [2.24, 2.45) is 0 Å². The maximum absolute atomic E-state index is 12.3. The van der Waals surface area contributed by atoms with Crippen LogP contribution in [0.5, 0.6) is 0 Å². The van der Waals surface area contributed by atoms with Gasteiger partial charge in [0, 0.05) is 10.0 Å². The SMILES string of the molecule is FC(F)Cn1cnnc1-c1ccc(Br)cc1. The topological polar surface area (TPSA) is 30.7 Å². The first-order valence-electron chi connectivity index (χ1n) is 4.58. The smallest absolute Gasteiger partial charge is 0.256 e. The lowest BCUT2D eigenvalue weighted by molar-refractivity contribution is 0.127. The predicted octanol–water partition coefficient (Wildman–Crippen LogP) is 2.97. The first kappa shape index (κ1) is 11.2. The maximum atomic E-state index is 12.3. The zero-order chi connectivity index (χ0) is 11.5. The fourth-order valence-electron chi connectivity index (χ4n) is 1.36. The first-order chi connectivity index (χ1) is 7.66. The molecule has 0 fully saturated rings. The minimum atomic E-state index is -2.41. The van der Waals surface area contributed by atoms with Crippen molar-refractivity contribution in [1.82, 2.24) is 14.8 Å². The molecule has 0 aliphatic heterocycles. The zero-order valence-corrected chi connectivity index (χ0v) is 9.73. The third kappa shape index (κ3) is 2.44. The Morgan fingerprint density at radius 2 is 1.94 bits per heavy atom. The lowest BCUT2D eigenvalue weighted by atomic mass is 10.2. The molecule has 84 valence electrons. The Labute approximate surface area is 99.2 Å². The van der Waals surface area contributed by atoms with Crippen molar-refractivity contribution >= 4 is 15.9 Å². The van der Waals surface area contributed by atoms with Crippen molar-refractivity contribution in [3.05, 3.63) is 35.1 Å². The monoisotopic (exact) mass is 287 g/mol. The quantitative estimate of drug-likeness (QED) is 0.869. The molecule has 16 heavy (non-hydrogen) atoms. The fraction of sp³-hybridized carbons (Fsp3) is 0.200. The van der Waals surface area contributed by atoms with E-state index in [0.29, 0.717) is 5.82 Å². The molecule has 0 N–H and O–H groups in total. The van der Waals surface area contributed by atoms with Crippen molar-refractivity contribution in [3.8, 4) is 11.4 Å². The standard InChI is InChI=1S/C10H8BrF2N3/c11-8-3-1-7(2-4-8)10-15-14-6-16(10)5-9(12)13/h1-4,6,9H,5H2. The van der Waals surface area contributed by atoms with Crippen LogP contribution in [0.15, 0.2) is 35.1 Å². The van der Waals surface area contributed by atoms with Gasteiger partial charge in [0.1, 0.15) is 6.33 Å². The number of rotatable bonds is 3. The van der Waals surface area contributed by atoms with Gasteiger partial charge in [-0.25, -0.2) is 8.78 Å². The third-order valence-electron chi connectivity index (χ3n) is 2.05. The Hall–Kier alpha value is -1.30. The van der Waals surface area contributed by atoms with E-state index in [1.807, 2.05) is 12.1 Å². The Bertz CT molecular complexity index is 467. The molecular weight excluding hydrogens is 280 g/mol. The highest BCUT2D eigenvalue weighted by Gasteiger charge is 2.11. The molecule has 2 rings (SSSR count). The lowest BCUT2D eigenvalue weighted by Gasteiger charge is -2.05. The second kappa shape index (κ2) is 4.69. The molecule has 0 radical (unpaired) electrons. The van der Waals surface area contributed by atoms with Gasteiger partial charge in [-0.3, -0.25) is 0 Å². The van der Waals surface area contributed by atoms with E-state index >= 15 is 0 Å². The van der Waals surface area contributed by atoms with E-state index < -0.39 is 13.0 Å². The number of hydrogen-bond acceptors (Lipinski definition) is 2. The number of nitrogens with zero attached hydrogens (tertiary/aromatic N) is 3. The summed E-state index contributed by atoms with van der Waals surface area (Å²) in [6, 6.07) is 7.26. The van der Waals surface area contributed by atoms with Crippen LogP contribution in [0.25, 0.3) is 11.4 Å². The predicted molar refractivity (Wildman–Crippen MR) is 59.2 cm³/mol. The van der Waals surface area contributed by atoms with E-state index in [2.05, 4.69) is 26.1 Å². The van der Waals surface area contributed by atoms with Gasteiger partial charge in [0.2, 0.25) is 0 Å². The van der Waals surface area contributed by atoms with Crippen molar-refractivity contribution in [2.45, 2.75) is 13.0 Å². The van der Waals surface area contributed by atoms with Crippen molar-refractivity contribution in [2.75, 3.05) is 0 Å². The van der Waals surface area contributed by atoms with Crippen molar-refractivity contribution in [1.29, 1.82) is 0 Å². The van der Waals surface area contributed by atoms with Crippen molar-refractivity contribution in [3.63, 3.8) is 0 Å². The number of halogens is 3. The van der Waals surface area contributed by atoms with E-state index in [1.54, 1.807) is 12.1 Å². The highest BCUT2D eigenvalue weighted by atomic mass is 79.9. The molecule has 0 aliphatic carbocycles. The summed E-state index contributed by atoms with van der Waals surface area (Å²) in [5, 5.41) is 7.48. The van der Waals surface area contributed by atoms with Gasteiger partial charge in [0.05, 0.1) is 6.54 Å². The molecular formula is C10H8BrF2N3. The number of hydrogen-bond donors (Lipinski definition) is 0. The van der Waals surface area contributed by atoms with Crippen LogP contribution in [0.2, 0.25) is 0 Å². The lowest BCUT2D eigenvalue weighted by Crippen LogP contribution is -2.07. The molecule has 1 aromatic carbocycles. The van der Waals surface area contributed by atoms with E-state index in [0.717, 1.165) is 10.0 Å². The molecule has 0 saturated carbocycles. The average Bonchev–Trinajstić information content (AvgIpc) is 2.66. The van der Waals surface area contributed by atoms with E-state index in [4.69, 9.17) is 0 Å². The van der Waals surface area contributed by atoms with Crippen LogP contribution in [0.3, 0.4) is 0 Å². The second-order valence-electron chi connectivity index (χ2n) is 3.20. The first-order valence-corrected chi connectivity index (χ1v) is 5.38.